The largest absolute Gasteiger partial charge is 0.355 e. The van der Waals surface area contributed by atoms with Crippen molar-refractivity contribution in [3.63, 3.8) is 0 Å². The van der Waals surface area contributed by atoms with E-state index in [1.54, 1.807) is 16.1 Å². The van der Waals surface area contributed by atoms with Gasteiger partial charge in [-0.1, -0.05) is 19.3 Å². The number of carbonyl (C=O) groups is 1. The van der Waals surface area contributed by atoms with Gasteiger partial charge in [0.05, 0.1) is 5.75 Å². The Labute approximate surface area is 132 Å². The fourth-order valence-electron chi connectivity index (χ4n) is 3.00. The van der Waals surface area contributed by atoms with Crippen molar-refractivity contribution in [3.05, 3.63) is 0 Å². The molecule has 21 heavy (non-hydrogen) atoms. The van der Waals surface area contributed by atoms with E-state index in [-0.39, 0.29) is 18.2 Å². The van der Waals surface area contributed by atoms with Gasteiger partial charge in [-0.3, -0.25) is 4.79 Å². The summed E-state index contributed by atoms with van der Waals surface area (Å²) in [5.74, 6) is 2.26. The highest BCUT2D eigenvalue weighted by Crippen LogP contribution is 2.26. The average molecular weight is 335 g/mol. The van der Waals surface area contributed by atoms with E-state index in [1.165, 1.54) is 19.3 Å². The van der Waals surface area contributed by atoms with Gasteiger partial charge in [0.25, 0.3) is 0 Å². The molecule has 1 aliphatic heterocycles. The first kappa shape index (κ1) is 17.1. The van der Waals surface area contributed by atoms with Crippen molar-refractivity contribution in [2.24, 2.45) is 5.92 Å². The number of sulfonamides is 1. The lowest BCUT2D eigenvalue weighted by Crippen LogP contribution is -2.42. The van der Waals surface area contributed by atoms with Crippen molar-refractivity contribution >= 4 is 27.7 Å². The predicted molar refractivity (Wildman–Crippen MR) is 86.9 cm³/mol. The second kappa shape index (κ2) is 8.39. The molecule has 122 valence electrons. The summed E-state index contributed by atoms with van der Waals surface area (Å²) < 4.78 is 25.8. The van der Waals surface area contributed by atoms with Gasteiger partial charge in [0.2, 0.25) is 15.9 Å². The molecule has 0 spiro atoms. The number of hydrogen-bond acceptors (Lipinski definition) is 4. The van der Waals surface area contributed by atoms with E-state index in [1.807, 2.05) is 0 Å². The Bertz CT molecular complexity index is 428. The van der Waals surface area contributed by atoms with Crippen molar-refractivity contribution < 1.29 is 13.2 Å². The molecule has 1 heterocycles. The summed E-state index contributed by atoms with van der Waals surface area (Å²) in [6, 6.07) is 0. The quantitative estimate of drug-likeness (QED) is 0.798. The monoisotopic (exact) mass is 334 g/mol. The molecule has 7 heteroatoms. The van der Waals surface area contributed by atoms with Gasteiger partial charge < -0.3 is 5.32 Å². The van der Waals surface area contributed by atoms with Gasteiger partial charge in [0.15, 0.2) is 0 Å². The van der Waals surface area contributed by atoms with E-state index < -0.39 is 10.0 Å². The van der Waals surface area contributed by atoms with Gasteiger partial charge in [-0.05, 0) is 18.8 Å². The minimum atomic E-state index is -3.21. The molecule has 2 rings (SSSR count). The Morgan fingerprint density at radius 2 is 1.81 bits per heavy atom. The van der Waals surface area contributed by atoms with Crippen molar-refractivity contribution in [2.75, 3.05) is 36.9 Å². The van der Waals surface area contributed by atoms with Gasteiger partial charge in [-0.2, -0.15) is 11.8 Å². The van der Waals surface area contributed by atoms with E-state index in [4.69, 9.17) is 0 Å². The zero-order valence-corrected chi connectivity index (χ0v) is 14.2. The van der Waals surface area contributed by atoms with Crippen LogP contribution in [0.25, 0.3) is 0 Å². The summed E-state index contributed by atoms with van der Waals surface area (Å²) in [5, 5.41) is 2.78. The molecule has 0 atom stereocenters. The number of carbonyl (C=O) groups excluding carboxylic acids is 1. The third-order valence-corrected chi connectivity index (χ3v) is 7.06. The van der Waals surface area contributed by atoms with Gasteiger partial charge in [-0.15, -0.1) is 0 Å². The second-order valence-corrected chi connectivity index (χ2v) is 9.20. The third-order valence-electron chi connectivity index (χ3n) is 4.24. The van der Waals surface area contributed by atoms with Crippen LogP contribution in [0.15, 0.2) is 0 Å². The molecule has 1 aliphatic carbocycles. The molecule has 0 bridgehead atoms. The highest BCUT2D eigenvalue weighted by atomic mass is 32.2. The van der Waals surface area contributed by atoms with Crippen LogP contribution in [0, 0.1) is 5.92 Å². The van der Waals surface area contributed by atoms with Crippen molar-refractivity contribution in [1.82, 2.24) is 9.62 Å². The molecule has 0 aromatic heterocycles. The van der Waals surface area contributed by atoms with Gasteiger partial charge in [0, 0.05) is 37.6 Å². The number of nitrogens with zero attached hydrogens (tertiary/aromatic N) is 1. The van der Waals surface area contributed by atoms with E-state index in [2.05, 4.69) is 5.32 Å². The molecule has 5 nitrogen and oxygen atoms in total. The Balaban J connectivity index is 1.66. The topological polar surface area (TPSA) is 66.5 Å². The zero-order valence-electron chi connectivity index (χ0n) is 12.6. The molecule has 0 radical (unpaired) electrons. The summed E-state index contributed by atoms with van der Waals surface area (Å²) in [4.78, 5) is 11.9. The molecule has 1 N–H and O–H groups in total. The fraction of sp³-hybridized carbons (Fsp3) is 0.929. The molecular weight excluding hydrogens is 308 g/mol. The maximum Gasteiger partial charge on any atom is 0.220 e. The molecule has 1 saturated carbocycles. The Hall–Kier alpha value is -0.270. The SMILES string of the molecule is O=C(CC1CCCCC1)NCCS(=O)(=O)N1CCSCC1. The van der Waals surface area contributed by atoms with E-state index in [0.717, 1.165) is 24.3 Å². The number of hydrogen-bond donors (Lipinski definition) is 1. The van der Waals surface area contributed by atoms with Crippen LogP contribution in [0.2, 0.25) is 0 Å². The summed E-state index contributed by atoms with van der Waals surface area (Å²) in [6.07, 6.45) is 6.55. The highest BCUT2D eigenvalue weighted by molar-refractivity contribution is 7.99. The summed E-state index contributed by atoms with van der Waals surface area (Å²) >= 11 is 1.79. The number of amides is 1. The maximum absolute atomic E-state index is 12.1. The van der Waals surface area contributed by atoms with E-state index in [9.17, 15) is 13.2 Å². The first-order valence-corrected chi connectivity index (χ1v) is 10.7. The molecule has 1 saturated heterocycles. The molecule has 0 aromatic carbocycles. The van der Waals surface area contributed by atoms with Crippen LogP contribution in [-0.2, 0) is 14.8 Å². The molecule has 2 fully saturated rings. The second-order valence-electron chi connectivity index (χ2n) is 5.89. The minimum Gasteiger partial charge on any atom is -0.355 e. The van der Waals surface area contributed by atoms with Gasteiger partial charge in [-0.25, -0.2) is 12.7 Å². The lowest BCUT2D eigenvalue weighted by Gasteiger charge is -2.25. The van der Waals surface area contributed by atoms with Crippen LogP contribution in [-0.4, -0.2) is 55.5 Å². The molecular formula is C14H26N2O3S2. The third kappa shape index (κ3) is 5.79. The Kier molecular flexibility index (Phi) is 6.82. The molecule has 0 unspecified atom stereocenters. The van der Waals surface area contributed by atoms with Crippen LogP contribution in [0.4, 0.5) is 0 Å². The lowest BCUT2D eigenvalue weighted by molar-refractivity contribution is -0.122. The fourth-order valence-corrected chi connectivity index (χ4v) is 5.49. The summed E-state index contributed by atoms with van der Waals surface area (Å²) in [7, 11) is -3.21. The first-order valence-electron chi connectivity index (χ1n) is 7.90. The normalized spacial score (nSPS) is 22.1. The van der Waals surface area contributed by atoms with Crippen LogP contribution >= 0.6 is 11.8 Å². The molecule has 0 aromatic rings. The zero-order chi connectivity index (χ0) is 15.1. The van der Waals surface area contributed by atoms with Crippen molar-refractivity contribution in [1.29, 1.82) is 0 Å². The highest BCUT2D eigenvalue weighted by Gasteiger charge is 2.24. The van der Waals surface area contributed by atoms with Gasteiger partial charge in [0.1, 0.15) is 0 Å². The standard InChI is InChI=1S/C14H26N2O3S2/c17-14(12-13-4-2-1-3-5-13)15-6-11-21(18,19)16-7-9-20-10-8-16/h13H,1-12H2,(H,15,17). The number of rotatable bonds is 6. The van der Waals surface area contributed by atoms with E-state index >= 15 is 0 Å². The average Bonchev–Trinajstić information content (AvgIpc) is 2.49. The smallest absolute Gasteiger partial charge is 0.220 e. The summed E-state index contributed by atoms with van der Waals surface area (Å²) in [5.41, 5.74) is 0. The molecule has 2 aliphatic rings. The first-order chi connectivity index (χ1) is 10.1. The van der Waals surface area contributed by atoms with Crippen LogP contribution < -0.4 is 5.32 Å². The predicted octanol–water partition coefficient (Wildman–Crippen LogP) is 1.45. The number of thioether (sulfide) groups is 1. The number of nitrogens with one attached hydrogen (secondary N) is 1. The maximum atomic E-state index is 12.1. The van der Waals surface area contributed by atoms with Crippen molar-refractivity contribution in [3.8, 4) is 0 Å². The minimum absolute atomic E-state index is 0.00583. The van der Waals surface area contributed by atoms with Gasteiger partial charge >= 0.3 is 0 Å². The summed E-state index contributed by atoms with van der Waals surface area (Å²) in [6.45, 7) is 1.43. The lowest BCUT2D eigenvalue weighted by atomic mass is 9.87. The Morgan fingerprint density at radius 3 is 2.48 bits per heavy atom. The van der Waals surface area contributed by atoms with Crippen molar-refractivity contribution in [2.45, 2.75) is 38.5 Å². The van der Waals surface area contributed by atoms with Crippen LogP contribution in [0.3, 0.4) is 0 Å². The van der Waals surface area contributed by atoms with E-state index in [0.29, 0.717) is 25.4 Å². The van der Waals surface area contributed by atoms with Crippen LogP contribution in [0.5, 0.6) is 0 Å². The van der Waals surface area contributed by atoms with Crippen LogP contribution in [0.1, 0.15) is 38.5 Å². The molecule has 1 amide bonds. The Morgan fingerprint density at radius 1 is 1.14 bits per heavy atom.